The van der Waals surface area contributed by atoms with Crippen LogP contribution in [0.2, 0.25) is 0 Å². The third-order valence-electron chi connectivity index (χ3n) is 2.97. The second-order valence-corrected chi connectivity index (χ2v) is 5.03. The molecule has 5 heteroatoms. The summed E-state index contributed by atoms with van der Waals surface area (Å²) < 4.78 is 10.5. The summed E-state index contributed by atoms with van der Waals surface area (Å²) in [6.07, 6.45) is 0. The molecule has 0 fully saturated rings. The van der Waals surface area contributed by atoms with Crippen molar-refractivity contribution in [3.63, 3.8) is 0 Å². The Hall–Kier alpha value is -1.75. The Morgan fingerprint density at radius 2 is 1.84 bits per heavy atom. The summed E-state index contributed by atoms with van der Waals surface area (Å²) in [6.45, 7) is 3.71. The molecule has 0 bridgehead atoms. The highest BCUT2D eigenvalue weighted by Crippen LogP contribution is 2.34. The first-order chi connectivity index (χ1) is 8.82. The summed E-state index contributed by atoms with van der Waals surface area (Å²) in [5, 5.41) is 1.63. The van der Waals surface area contributed by atoms with Gasteiger partial charge in [-0.2, -0.15) is 0 Å². The number of carbonyl (C=O) groups excluding carboxylic acids is 1. The number of hydrogen-bond donors (Lipinski definition) is 1. The van der Waals surface area contributed by atoms with Gasteiger partial charge in [0, 0.05) is 25.7 Å². The zero-order valence-electron chi connectivity index (χ0n) is 12.4. The number of nitrogens with zero attached hydrogens (tertiary/aromatic N) is 1. The Morgan fingerprint density at radius 3 is 2.32 bits per heavy atom. The van der Waals surface area contributed by atoms with Gasteiger partial charge in [-0.15, -0.1) is 0 Å². The van der Waals surface area contributed by atoms with Crippen LogP contribution in [0, 0.1) is 0 Å². The highest BCUT2D eigenvalue weighted by atomic mass is 16.5. The Labute approximate surface area is 114 Å². The number of amides is 1. The van der Waals surface area contributed by atoms with Gasteiger partial charge < -0.3 is 9.47 Å². The van der Waals surface area contributed by atoms with Crippen molar-refractivity contribution in [1.82, 2.24) is 10.4 Å². The fourth-order valence-corrected chi connectivity index (χ4v) is 1.78. The summed E-state index contributed by atoms with van der Waals surface area (Å²) in [7, 11) is 6.73. The molecule has 0 aliphatic rings. The van der Waals surface area contributed by atoms with Crippen LogP contribution in [0.3, 0.4) is 0 Å². The molecule has 0 aliphatic carbocycles. The zero-order valence-corrected chi connectivity index (χ0v) is 12.4. The number of hydrazine groups is 1. The predicted octanol–water partition coefficient (Wildman–Crippen LogP) is 1.57. The molecular weight excluding hydrogens is 244 g/mol. The number of ether oxygens (including phenoxy) is 2. The molecule has 5 nitrogen and oxygen atoms in total. The maximum Gasteiger partial charge on any atom is 0.244 e. The fourth-order valence-electron chi connectivity index (χ4n) is 1.78. The molecule has 0 atom stereocenters. The molecule has 1 amide bonds. The van der Waals surface area contributed by atoms with Crippen molar-refractivity contribution in [3.05, 3.63) is 23.8 Å². The number of nitrogens with one attached hydrogen (secondary N) is 1. The van der Waals surface area contributed by atoms with Gasteiger partial charge >= 0.3 is 0 Å². The topological polar surface area (TPSA) is 50.8 Å². The van der Waals surface area contributed by atoms with Gasteiger partial charge in [-0.25, -0.2) is 5.01 Å². The molecule has 1 aromatic rings. The van der Waals surface area contributed by atoms with Crippen molar-refractivity contribution in [3.8, 4) is 11.5 Å². The summed E-state index contributed by atoms with van der Waals surface area (Å²) >= 11 is 0. The first-order valence-corrected chi connectivity index (χ1v) is 6.03. The van der Waals surface area contributed by atoms with Crippen LogP contribution in [0.15, 0.2) is 18.2 Å². The van der Waals surface area contributed by atoms with E-state index in [0.717, 1.165) is 5.56 Å². The van der Waals surface area contributed by atoms with E-state index in [1.54, 1.807) is 39.4 Å². The summed E-state index contributed by atoms with van der Waals surface area (Å²) in [4.78, 5) is 12.3. The fraction of sp³-hybridized carbons (Fsp3) is 0.500. The third kappa shape index (κ3) is 3.38. The lowest BCUT2D eigenvalue weighted by Crippen LogP contribution is -2.46. The van der Waals surface area contributed by atoms with E-state index in [9.17, 15) is 4.79 Å². The minimum absolute atomic E-state index is 0.0963. The standard InChI is InChI=1S/C14H22N2O3/c1-14(2,13(17)15-16(3)4)11-8-7-10(18-5)9-12(11)19-6/h7-9H,1-6H3,(H,15,17). The number of benzene rings is 1. The molecule has 1 N–H and O–H groups in total. The smallest absolute Gasteiger partial charge is 0.244 e. The molecule has 106 valence electrons. The van der Waals surface area contributed by atoms with E-state index in [-0.39, 0.29) is 5.91 Å². The Balaban J connectivity index is 3.16. The van der Waals surface area contributed by atoms with Crippen molar-refractivity contribution in [2.75, 3.05) is 28.3 Å². The van der Waals surface area contributed by atoms with E-state index in [1.807, 2.05) is 26.0 Å². The molecule has 0 aliphatic heterocycles. The predicted molar refractivity (Wildman–Crippen MR) is 74.4 cm³/mol. The Kier molecular flexibility index (Phi) is 4.78. The van der Waals surface area contributed by atoms with E-state index < -0.39 is 5.41 Å². The Bertz CT molecular complexity index is 456. The van der Waals surface area contributed by atoms with Gasteiger partial charge in [0.05, 0.1) is 19.6 Å². The lowest BCUT2D eigenvalue weighted by molar-refractivity contribution is -0.129. The average molecular weight is 266 g/mol. The van der Waals surface area contributed by atoms with Crippen molar-refractivity contribution in [2.45, 2.75) is 19.3 Å². The normalized spacial score (nSPS) is 11.3. The monoisotopic (exact) mass is 266 g/mol. The number of hydrogen-bond acceptors (Lipinski definition) is 4. The van der Waals surface area contributed by atoms with Crippen LogP contribution >= 0.6 is 0 Å². The van der Waals surface area contributed by atoms with Crippen LogP contribution in [-0.2, 0) is 10.2 Å². The second-order valence-electron chi connectivity index (χ2n) is 5.03. The SMILES string of the molecule is COc1ccc(C(C)(C)C(=O)NN(C)C)c(OC)c1. The number of methoxy groups -OCH3 is 2. The molecule has 0 heterocycles. The van der Waals surface area contributed by atoms with Crippen LogP contribution in [0.4, 0.5) is 0 Å². The molecule has 0 unspecified atom stereocenters. The second kappa shape index (κ2) is 5.93. The van der Waals surface area contributed by atoms with Crippen molar-refractivity contribution >= 4 is 5.91 Å². The Morgan fingerprint density at radius 1 is 1.21 bits per heavy atom. The van der Waals surface area contributed by atoms with Crippen LogP contribution in [0.25, 0.3) is 0 Å². The molecule has 0 saturated carbocycles. The number of carbonyl (C=O) groups is 1. The molecule has 19 heavy (non-hydrogen) atoms. The maximum atomic E-state index is 12.3. The lowest BCUT2D eigenvalue weighted by atomic mass is 9.83. The van der Waals surface area contributed by atoms with Crippen molar-refractivity contribution in [1.29, 1.82) is 0 Å². The van der Waals surface area contributed by atoms with E-state index in [0.29, 0.717) is 11.5 Å². The highest BCUT2D eigenvalue weighted by molar-refractivity contribution is 5.87. The van der Waals surface area contributed by atoms with Gasteiger partial charge in [0.1, 0.15) is 11.5 Å². The molecule has 0 aromatic heterocycles. The van der Waals surface area contributed by atoms with Crippen LogP contribution in [0.1, 0.15) is 19.4 Å². The molecule has 1 aromatic carbocycles. The zero-order chi connectivity index (χ0) is 14.6. The maximum absolute atomic E-state index is 12.3. The minimum atomic E-state index is -0.706. The highest BCUT2D eigenvalue weighted by Gasteiger charge is 2.33. The summed E-state index contributed by atoms with van der Waals surface area (Å²) in [6, 6.07) is 5.45. The van der Waals surface area contributed by atoms with Gasteiger partial charge in [-0.1, -0.05) is 6.07 Å². The van der Waals surface area contributed by atoms with Crippen LogP contribution in [0.5, 0.6) is 11.5 Å². The molecule has 0 spiro atoms. The van der Waals surface area contributed by atoms with E-state index in [4.69, 9.17) is 9.47 Å². The minimum Gasteiger partial charge on any atom is -0.497 e. The largest absolute Gasteiger partial charge is 0.497 e. The molecule has 0 radical (unpaired) electrons. The third-order valence-corrected chi connectivity index (χ3v) is 2.97. The molecular formula is C14H22N2O3. The lowest BCUT2D eigenvalue weighted by Gasteiger charge is -2.27. The van der Waals surface area contributed by atoms with Crippen molar-refractivity contribution in [2.24, 2.45) is 0 Å². The van der Waals surface area contributed by atoms with E-state index in [1.165, 1.54) is 0 Å². The van der Waals surface area contributed by atoms with Crippen LogP contribution < -0.4 is 14.9 Å². The summed E-state index contributed by atoms with van der Waals surface area (Å²) in [5.41, 5.74) is 2.88. The van der Waals surface area contributed by atoms with Gasteiger partial charge in [0.15, 0.2) is 0 Å². The average Bonchev–Trinajstić information content (AvgIpc) is 2.36. The molecule has 1 rings (SSSR count). The van der Waals surface area contributed by atoms with Gasteiger partial charge in [-0.3, -0.25) is 10.2 Å². The van der Waals surface area contributed by atoms with E-state index >= 15 is 0 Å². The first kappa shape index (κ1) is 15.3. The van der Waals surface area contributed by atoms with E-state index in [2.05, 4.69) is 5.43 Å². The van der Waals surface area contributed by atoms with Gasteiger partial charge in [0.25, 0.3) is 0 Å². The van der Waals surface area contributed by atoms with Crippen molar-refractivity contribution < 1.29 is 14.3 Å². The summed E-state index contributed by atoms with van der Waals surface area (Å²) in [5.74, 6) is 1.24. The van der Waals surface area contributed by atoms with Gasteiger partial charge in [-0.05, 0) is 19.9 Å². The van der Waals surface area contributed by atoms with Crippen LogP contribution in [-0.4, -0.2) is 39.2 Å². The van der Waals surface area contributed by atoms with Gasteiger partial charge in [0.2, 0.25) is 5.91 Å². The number of rotatable bonds is 5. The quantitative estimate of drug-likeness (QED) is 0.822. The first-order valence-electron chi connectivity index (χ1n) is 6.03. The molecule has 0 saturated heterocycles.